The number of alkyl halides is 2. The summed E-state index contributed by atoms with van der Waals surface area (Å²) in [7, 11) is 1.43. The maximum absolute atomic E-state index is 14.0. The van der Waals surface area contributed by atoms with Crippen LogP contribution in [0.5, 0.6) is 11.5 Å². The monoisotopic (exact) mass is 349 g/mol. The first-order valence-corrected chi connectivity index (χ1v) is 7.65. The molecule has 7 heteroatoms. The molecule has 0 radical (unpaired) electrons. The molecule has 3 rings (SSSR count). The third kappa shape index (κ3) is 3.81. The number of methoxy groups -OCH3 is 1. The van der Waals surface area contributed by atoms with E-state index >= 15 is 0 Å². The fourth-order valence-electron chi connectivity index (χ4n) is 2.56. The molecule has 2 aromatic rings. The maximum atomic E-state index is 14.0. The van der Waals surface area contributed by atoms with Crippen LogP contribution in [0.15, 0.2) is 48.5 Å². The minimum atomic E-state index is -3.22. The van der Waals surface area contributed by atoms with Gasteiger partial charge in [0, 0.05) is 0 Å². The summed E-state index contributed by atoms with van der Waals surface area (Å²) in [4.78, 5) is 11.3. The molecule has 25 heavy (non-hydrogen) atoms. The van der Waals surface area contributed by atoms with Crippen LogP contribution in [0.2, 0.25) is 0 Å². The Morgan fingerprint density at radius 1 is 1.20 bits per heavy atom. The van der Waals surface area contributed by atoms with Gasteiger partial charge in [-0.2, -0.15) is 0 Å². The molecule has 0 bridgehead atoms. The summed E-state index contributed by atoms with van der Waals surface area (Å²) in [6.07, 6.45) is -0.876. The predicted octanol–water partition coefficient (Wildman–Crippen LogP) is 3.69. The highest BCUT2D eigenvalue weighted by Crippen LogP contribution is 2.38. The Morgan fingerprint density at radius 2 is 1.96 bits per heavy atom. The molecule has 0 unspecified atom stereocenters. The third-order valence-corrected chi connectivity index (χ3v) is 3.84. The van der Waals surface area contributed by atoms with Crippen LogP contribution < -0.4 is 14.8 Å². The van der Waals surface area contributed by atoms with Crippen molar-refractivity contribution >= 4 is 6.09 Å². The Bertz CT molecular complexity index is 752. The van der Waals surface area contributed by atoms with Gasteiger partial charge in [0.15, 0.2) is 18.1 Å². The summed E-state index contributed by atoms with van der Waals surface area (Å²) in [6.45, 7) is -0.640. The van der Waals surface area contributed by atoms with Crippen molar-refractivity contribution in [3.05, 3.63) is 59.7 Å². The summed E-state index contributed by atoms with van der Waals surface area (Å²) in [5.41, 5.74) is 1.18. The lowest BCUT2D eigenvalue weighted by Crippen LogP contribution is -2.49. The second-order valence-electron chi connectivity index (χ2n) is 5.60. The van der Waals surface area contributed by atoms with Crippen LogP contribution in [-0.2, 0) is 11.3 Å². The highest BCUT2D eigenvalue weighted by atomic mass is 19.3. The molecule has 1 heterocycles. The molecule has 0 aliphatic carbocycles. The first-order valence-electron chi connectivity index (χ1n) is 7.65. The second-order valence-corrected chi connectivity index (χ2v) is 5.60. The van der Waals surface area contributed by atoms with E-state index < -0.39 is 24.7 Å². The van der Waals surface area contributed by atoms with Crippen molar-refractivity contribution in [2.45, 2.75) is 18.6 Å². The molecule has 132 valence electrons. The van der Waals surface area contributed by atoms with Crippen molar-refractivity contribution < 1.29 is 27.8 Å². The molecule has 1 atom stereocenters. The largest absolute Gasteiger partial charge is 0.493 e. The number of rotatable bonds is 5. The molecule has 2 aromatic carbocycles. The van der Waals surface area contributed by atoms with Crippen LogP contribution in [0.4, 0.5) is 13.6 Å². The molecule has 0 saturated carbocycles. The van der Waals surface area contributed by atoms with E-state index in [1.165, 1.54) is 19.2 Å². The maximum Gasteiger partial charge on any atom is 0.408 e. The molecule has 1 saturated heterocycles. The van der Waals surface area contributed by atoms with Gasteiger partial charge in [-0.1, -0.05) is 36.4 Å². The Balaban J connectivity index is 1.80. The zero-order valence-corrected chi connectivity index (χ0v) is 13.5. The van der Waals surface area contributed by atoms with E-state index in [-0.39, 0.29) is 5.56 Å². The van der Waals surface area contributed by atoms with Gasteiger partial charge in [-0.05, 0) is 23.3 Å². The van der Waals surface area contributed by atoms with Crippen LogP contribution in [0, 0.1) is 0 Å². The molecule has 1 aliphatic heterocycles. The van der Waals surface area contributed by atoms with Gasteiger partial charge in [0.1, 0.15) is 12.6 Å². The van der Waals surface area contributed by atoms with E-state index in [9.17, 15) is 13.6 Å². The van der Waals surface area contributed by atoms with Gasteiger partial charge in [-0.3, -0.25) is 0 Å². The minimum absolute atomic E-state index is 0.213. The minimum Gasteiger partial charge on any atom is -0.493 e. The van der Waals surface area contributed by atoms with Gasteiger partial charge in [0.05, 0.1) is 7.11 Å². The van der Waals surface area contributed by atoms with Gasteiger partial charge in [0.2, 0.25) is 0 Å². The van der Waals surface area contributed by atoms with E-state index in [2.05, 4.69) is 10.1 Å². The number of alkyl carbamates (subject to hydrolysis) is 1. The van der Waals surface area contributed by atoms with Crippen molar-refractivity contribution in [3.63, 3.8) is 0 Å². The van der Waals surface area contributed by atoms with Crippen LogP contribution in [0.1, 0.15) is 17.2 Å². The lowest BCUT2D eigenvalue weighted by molar-refractivity contribution is -0.104. The zero-order valence-electron chi connectivity index (χ0n) is 13.5. The molecule has 1 aliphatic rings. The number of cyclic esters (lactones) is 1. The average molecular weight is 349 g/mol. The molecular formula is C18H17F2NO4. The molecule has 0 spiro atoms. The number of benzene rings is 2. The van der Waals surface area contributed by atoms with Gasteiger partial charge in [-0.15, -0.1) is 0 Å². The Kier molecular flexibility index (Phi) is 4.74. The summed E-state index contributed by atoms with van der Waals surface area (Å²) in [6, 6.07) is 12.5. The number of amides is 1. The number of hydrogen-bond donors (Lipinski definition) is 1. The van der Waals surface area contributed by atoms with Gasteiger partial charge >= 0.3 is 12.0 Å². The van der Waals surface area contributed by atoms with E-state index in [4.69, 9.17) is 9.47 Å². The highest BCUT2D eigenvalue weighted by molar-refractivity contribution is 5.69. The van der Waals surface area contributed by atoms with E-state index in [1.54, 1.807) is 6.07 Å². The van der Waals surface area contributed by atoms with Crippen LogP contribution in [0.25, 0.3) is 0 Å². The van der Waals surface area contributed by atoms with Crippen molar-refractivity contribution in [3.8, 4) is 11.5 Å². The fourth-order valence-corrected chi connectivity index (χ4v) is 2.56. The predicted molar refractivity (Wildman–Crippen MR) is 85.9 cm³/mol. The fraction of sp³-hybridized carbons (Fsp3) is 0.278. The van der Waals surface area contributed by atoms with E-state index in [1.807, 2.05) is 30.3 Å². The highest BCUT2D eigenvalue weighted by Gasteiger charge is 2.47. The van der Waals surface area contributed by atoms with Crippen LogP contribution in [0.3, 0.4) is 0 Å². The van der Waals surface area contributed by atoms with Crippen molar-refractivity contribution in [2.75, 3.05) is 13.7 Å². The molecule has 1 fully saturated rings. The number of nitrogens with one attached hydrogen (secondary N) is 1. The topological polar surface area (TPSA) is 56.8 Å². The summed E-state index contributed by atoms with van der Waals surface area (Å²) < 4.78 is 43.4. The molecule has 1 N–H and O–H groups in total. The third-order valence-electron chi connectivity index (χ3n) is 3.84. The lowest BCUT2D eigenvalue weighted by Gasteiger charge is -2.32. The number of ether oxygens (including phenoxy) is 3. The quantitative estimate of drug-likeness (QED) is 0.894. The average Bonchev–Trinajstić information content (AvgIpc) is 2.63. The Hall–Kier alpha value is -2.83. The van der Waals surface area contributed by atoms with E-state index in [0.717, 1.165) is 5.56 Å². The molecule has 5 nitrogen and oxygen atoms in total. The molecule has 1 amide bonds. The zero-order chi connectivity index (χ0) is 17.9. The summed E-state index contributed by atoms with van der Waals surface area (Å²) >= 11 is 0. The Morgan fingerprint density at radius 3 is 2.68 bits per heavy atom. The first kappa shape index (κ1) is 17.0. The molecular weight excluding hydrogens is 332 g/mol. The smallest absolute Gasteiger partial charge is 0.408 e. The lowest BCUT2D eigenvalue weighted by atomic mass is 9.99. The number of carbonyl (C=O) groups is 1. The Labute approximate surface area is 143 Å². The summed E-state index contributed by atoms with van der Waals surface area (Å²) in [5, 5.41) is 2.14. The second kappa shape index (κ2) is 6.96. The molecule has 0 aromatic heterocycles. The summed E-state index contributed by atoms with van der Waals surface area (Å²) in [5.74, 6) is -2.48. The van der Waals surface area contributed by atoms with E-state index in [0.29, 0.717) is 18.1 Å². The number of hydrogen-bond acceptors (Lipinski definition) is 4. The van der Waals surface area contributed by atoms with Crippen molar-refractivity contribution in [2.24, 2.45) is 0 Å². The number of carbonyl (C=O) groups excluding carboxylic acids is 1. The SMILES string of the molecule is COc1cc([C@@H]2NC(=O)OCC2(F)F)ccc1OCc1ccccc1. The number of halogens is 2. The van der Waals surface area contributed by atoms with Gasteiger partial charge in [-0.25, -0.2) is 13.6 Å². The normalized spacial score (nSPS) is 18.8. The van der Waals surface area contributed by atoms with Crippen molar-refractivity contribution in [1.29, 1.82) is 0 Å². The standard InChI is InChI=1S/C18H17F2NO4/c1-23-15-9-13(16-18(19,20)11-25-17(22)21-16)7-8-14(15)24-10-12-5-3-2-4-6-12/h2-9,16H,10-11H2,1H3,(H,21,22)/t16-/m0/s1. The van der Waals surface area contributed by atoms with Gasteiger partial charge < -0.3 is 19.5 Å². The van der Waals surface area contributed by atoms with Gasteiger partial charge in [0.25, 0.3) is 0 Å². The van der Waals surface area contributed by atoms with Crippen LogP contribution >= 0.6 is 0 Å². The van der Waals surface area contributed by atoms with Crippen molar-refractivity contribution in [1.82, 2.24) is 5.32 Å². The van der Waals surface area contributed by atoms with Crippen LogP contribution in [-0.4, -0.2) is 25.7 Å². The first-order chi connectivity index (χ1) is 12.0.